The van der Waals surface area contributed by atoms with Gasteiger partial charge in [-0.2, -0.15) is 0 Å². The number of imide groups is 1. The number of amides is 2. The molecule has 0 bridgehead atoms. The van der Waals surface area contributed by atoms with Crippen LogP contribution in [0.1, 0.15) is 23.1 Å². The Morgan fingerprint density at radius 1 is 1.09 bits per heavy atom. The number of halogens is 1. The van der Waals surface area contributed by atoms with Crippen molar-refractivity contribution in [2.24, 2.45) is 5.92 Å². The third-order valence-electron chi connectivity index (χ3n) is 4.24. The number of carbonyl (C=O) groups is 2. The first-order chi connectivity index (χ1) is 11.0. The van der Waals surface area contributed by atoms with Crippen LogP contribution in [0.5, 0.6) is 0 Å². The molecule has 0 unspecified atom stereocenters. The molecule has 23 heavy (non-hydrogen) atoms. The van der Waals surface area contributed by atoms with Gasteiger partial charge in [-0.15, -0.1) is 0 Å². The molecule has 0 aromatic heterocycles. The SMILES string of the molecule is Cc1ccc(C)c(N2C(=O)C[C@H](Cc3ccc(Br)cc3)C2=O)c1. The molecule has 0 N–H and O–H groups in total. The van der Waals surface area contributed by atoms with Gasteiger partial charge in [-0.05, 0) is 55.2 Å². The topological polar surface area (TPSA) is 37.4 Å². The normalized spacial score (nSPS) is 17.9. The van der Waals surface area contributed by atoms with Crippen LogP contribution >= 0.6 is 15.9 Å². The second kappa shape index (κ2) is 6.28. The van der Waals surface area contributed by atoms with Gasteiger partial charge in [0.1, 0.15) is 0 Å². The van der Waals surface area contributed by atoms with Crippen LogP contribution in [0.15, 0.2) is 46.9 Å². The minimum absolute atomic E-state index is 0.0911. The molecule has 1 aliphatic rings. The highest BCUT2D eigenvalue weighted by Gasteiger charge is 2.39. The van der Waals surface area contributed by atoms with E-state index in [2.05, 4.69) is 15.9 Å². The van der Waals surface area contributed by atoms with Gasteiger partial charge in [0, 0.05) is 10.9 Å². The van der Waals surface area contributed by atoms with Crippen molar-refractivity contribution >= 4 is 33.4 Å². The summed E-state index contributed by atoms with van der Waals surface area (Å²) in [6, 6.07) is 13.7. The zero-order chi connectivity index (χ0) is 16.6. The van der Waals surface area contributed by atoms with Crippen LogP contribution in [0.4, 0.5) is 5.69 Å². The molecule has 1 aliphatic heterocycles. The number of carbonyl (C=O) groups excluding carboxylic acids is 2. The van der Waals surface area contributed by atoms with Crippen molar-refractivity contribution < 1.29 is 9.59 Å². The summed E-state index contributed by atoms with van der Waals surface area (Å²) in [6.07, 6.45) is 0.876. The van der Waals surface area contributed by atoms with Crippen LogP contribution in [0.2, 0.25) is 0 Å². The van der Waals surface area contributed by atoms with Gasteiger partial charge < -0.3 is 0 Å². The lowest BCUT2D eigenvalue weighted by Gasteiger charge is -2.18. The summed E-state index contributed by atoms with van der Waals surface area (Å²) in [6.45, 7) is 3.89. The fourth-order valence-electron chi connectivity index (χ4n) is 2.97. The minimum atomic E-state index is -0.274. The Kier molecular flexibility index (Phi) is 4.35. The lowest BCUT2D eigenvalue weighted by Crippen LogP contribution is -2.31. The molecule has 3 rings (SSSR count). The van der Waals surface area contributed by atoms with Crippen molar-refractivity contribution in [1.82, 2.24) is 0 Å². The first kappa shape index (κ1) is 15.9. The number of benzene rings is 2. The van der Waals surface area contributed by atoms with E-state index in [-0.39, 0.29) is 24.2 Å². The Morgan fingerprint density at radius 3 is 2.48 bits per heavy atom. The van der Waals surface area contributed by atoms with Gasteiger partial charge in [0.15, 0.2) is 0 Å². The van der Waals surface area contributed by atoms with E-state index < -0.39 is 0 Å². The second-order valence-corrected chi connectivity index (χ2v) is 7.00. The summed E-state index contributed by atoms with van der Waals surface area (Å²) < 4.78 is 1.01. The maximum absolute atomic E-state index is 12.7. The average Bonchev–Trinajstić information content (AvgIpc) is 2.78. The second-order valence-electron chi connectivity index (χ2n) is 6.09. The van der Waals surface area contributed by atoms with E-state index in [1.165, 1.54) is 4.90 Å². The molecule has 2 aromatic rings. The Balaban J connectivity index is 1.85. The molecule has 1 heterocycles. The quantitative estimate of drug-likeness (QED) is 0.758. The van der Waals surface area contributed by atoms with Crippen molar-refractivity contribution in [3.63, 3.8) is 0 Å². The number of hydrogen-bond donors (Lipinski definition) is 0. The van der Waals surface area contributed by atoms with Gasteiger partial charge in [-0.3, -0.25) is 14.5 Å². The van der Waals surface area contributed by atoms with Gasteiger partial charge in [-0.25, -0.2) is 0 Å². The Hall–Kier alpha value is -1.94. The molecule has 1 fully saturated rings. The van der Waals surface area contributed by atoms with Gasteiger partial charge in [0.2, 0.25) is 11.8 Å². The fraction of sp³-hybridized carbons (Fsp3) is 0.263. The molecular weight excluding hydrogens is 354 g/mol. The molecule has 0 saturated carbocycles. The summed E-state index contributed by atoms with van der Waals surface area (Å²) in [5.41, 5.74) is 3.78. The van der Waals surface area contributed by atoms with Gasteiger partial charge in [0.25, 0.3) is 0 Å². The summed E-state index contributed by atoms with van der Waals surface area (Å²) >= 11 is 3.41. The molecule has 4 heteroatoms. The standard InChI is InChI=1S/C19H18BrNO2/c1-12-3-4-13(2)17(9-12)21-18(22)11-15(19(21)23)10-14-5-7-16(20)8-6-14/h3-9,15H,10-11H2,1-2H3/t15-/m0/s1. The fourth-order valence-corrected chi connectivity index (χ4v) is 3.24. The predicted molar refractivity (Wildman–Crippen MR) is 94.4 cm³/mol. The molecular formula is C19H18BrNO2. The van der Waals surface area contributed by atoms with E-state index >= 15 is 0 Å². The van der Waals surface area contributed by atoms with Crippen molar-refractivity contribution in [1.29, 1.82) is 0 Å². The van der Waals surface area contributed by atoms with Crippen molar-refractivity contribution in [3.8, 4) is 0 Å². The van der Waals surface area contributed by atoms with Crippen LogP contribution in [-0.2, 0) is 16.0 Å². The lowest BCUT2D eigenvalue weighted by molar-refractivity contribution is -0.122. The van der Waals surface area contributed by atoms with Crippen molar-refractivity contribution in [2.75, 3.05) is 4.90 Å². The van der Waals surface area contributed by atoms with E-state index in [0.29, 0.717) is 6.42 Å². The zero-order valence-electron chi connectivity index (χ0n) is 13.2. The van der Waals surface area contributed by atoms with Gasteiger partial charge in [-0.1, -0.05) is 40.2 Å². The van der Waals surface area contributed by atoms with Crippen LogP contribution < -0.4 is 4.90 Å². The highest BCUT2D eigenvalue weighted by atomic mass is 79.9. The van der Waals surface area contributed by atoms with Crippen LogP contribution in [0.3, 0.4) is 0 Å². The molecule has 1 saturated heterocycles. The highest BCUT2D eigenvalue weighted by molar-refractivity contribution is 9.10. The van der Waals surface area contributed by atoms with E-state index in [1.54, 1.807) is 0 Å². The first-order valence-corrected chi connectivity index (χ1v) is 8.43. The maximum Gasteiger partial charge on any atom is 0.237 e. The Labute approximate surface area is 144 Å². The van der Waals surface area contributed by atoms with Crippen LogP contribution in [-0.4, -0.2) is 11.8 Å². The lowest BCUT2D eigenvalue weighted by atomic mass is 9.98. The summed E-state index contributed by atoms with van der Waals surface area (Å²) in [5.74, 6) is -0.471. The number of anilines is 1. The molecule has 2 aromatic carbocycles. The van der Waals surface area contributed by atoms with E-state index in [9.17, 15) is 9.59 Å². The summed E-state index contributed by atoms with van der Waals surface area (Å²) in [7, 11) is 0. The Morgan fingerprint density at radius 2 is 1.78 bits per heavy atom. The van der Waals surface area contributed by atoms with Crippen LogP contribution in [0, 0.1) is 19.8 Å². The molecule has 118 valence electrons. The van der Waals surface area contributed by atoms with Gasteiger partial charge >= 0.3 is 0 Å². The maximum atomic E-state index is 12.7. The number of aryl methyl sites for hydroxylation is 2. The number of nitrogens with zero attached hydrogens (tertiary/aromatic N) is 1. The smallest absolute Gasteiger partial charge is 0.237 e. The van der Waals surface area contributed by atoms with E-state index in [4.69, 9.17) is 0 Å². The molecule has 1 atom stereocenters. The molecule has 3 nitrogen and oxygen atoms in total. The van der Waals surface area contributed by atoms with Crippen LogP contribution in [0.25, 0.3) is 0 Å². The third-order valence-corrected chi connectivity index (χ3v) is 4.77. The molecule has 0 radical (unpaired) electrons. The number of rotatable bonds is 3. The summed E-state index contributed by atoms with van der Waals surface area (Å²) in [4.78, 5) is 26.5. The monoisotopic (exact) mass is 371 g/mol. The largest absolute Gasteiger partial charge is 0.274 e. The molecule has 0 spiro atoms. The molecule has 2 amide bonds. The van der Waals surface area contributed by atoms with E-state index in [1.807, 2.05) is 56.3 Å². The van der Waals surface area contributed by atoms with Gasteiger partial charge in [0.05, 0.1) is 11.6 Å². The first-order valence-electron chi connectivity index (χ1n) is 7.64. The zero-order valence-corrected chi connectivity index (χ0v) is 14.8. The molecule has 0 aliphatic carbocycles. The third kappa shape index (κ3) is 3.22. The number of hydrogen-bond acceptors (Lipinski definition) is 2. The predicted octanol–water partition coefficient (Wildman–Crippen LogP) is 4.19. The Bertz CT molecular complexity index is 767. The van der Waals surface area contributed by atoms with E-state index in [0.717, 1.165) is 26.9 Å². The van der Waals surface area contributed by atoms with Crippen molar-refractivity contribution in [2.45, 2.75) is 26.7 Å². The van der Waals surface area contributed by atoms with Crippen molar-refractivity contribution in [3.05, 3.63) is 63.6 Å². The highest BCUT2D eigenvalue weighted by Crippen LogP contribution is 2.31. The summed E-state index contributed by atoms with van der Waals surface area (Å²) in [5, 5.41) is 0. The minimum Gasteiger partial charge on any atom is -0.274 e. The average molecular weight is 372 g/mol.